The number of aliphatic hydroxyl groups excluding tert-OH is 1. The van der Waals surface area contributed by atoms with Crippen molar-refractivity contribution in [1.82, 2.24) is 0 Å². The van der Waals surface area contributed by atoms with Crippen LogP contribution in [0.2, 0.25) is 0 Å². The molecule has 4 atom stereocenters. The van der Waals surface area contributed by atoms with Crippen molar-refractivity contribution in [2.45, 2.75) is 30.8 Å². The van der Waals surface area contributed by atoms with Crippen molar-refractivity contribution >= 4 is 17.6 Å². The number of alkyl halides is 1. The standard InChI is InChI=1S/C7H9ClO4/c8-2-4-6(10)7-3(11-4)1-5(9)12-7/h3-4,6-7,10H,1-2H2/t3-,4-,6+,7+/m1/s1. The smallest absolute Gasteiger partial charge is 0.309 e. The van der Waals surface area contributed by atoms with Gasteiger partial charge in [-0.05, 0) is 0 Å². The highest BCUT2D eigenvalue weighted by atomic mass is 35.5. The first kappa shape index (κ1) is 8.29. The van der Waals surface area contributed by atoms with Crippen LogP contribution in [0.3, 0.4) is 0 Å². The molecule has 0 aromatic carbocycles. The zero-order valence-electron chi connectivity index (χ0n) is 6.27. The van der Waals surface area contributed by atoms with E-state index >= 15 is 0 Å². The molecule has 0 aromatic rings. The zero-order chi connectivity index (χ0) is 8.72. The quantitative estimate of drug-likeness (QED) is 0.457. The van der Waals surface area contributed by atoms with Crippen LogP contribution in [-0.2, 0) is 14.3 Å². The number of halogens is 1. The van der Waals surface area contributed by atoms with E-state index in [4.69, 9.17) is 21.1 Å². The molecule has 2 aliphatic rings. The van der Waals surface area contributed by atoms with Crippen LogP contribution in [0.25, 0.3) is 0 Å². The molecule has 0 unspecified atom stereocenters. The Bertz CT molecular complexity index is 208. The summed E-state index contributed by atoms with van der Waals surface area (Å²) in [6.07, 6.45) is -1.72. The number of esters is 1. The molecule has 0 amide bonds. The summed E-state index contributed by atoms with van der Waals surface area (Å²) in [5.41, 5.74) is 0. The first-order valence-corrected chi connectivity index (χ1v) is 4.35. The average molecular weight is 193 g/mol. The van der Waals surface area contributed by atoms with Crippen LogP contribution in [0, 0.1) is 0 Å². The van der Waals surface area contributed by atoms with E-state index in [1.54, 1.807) is 0 Å². The van der Waals surface area contributed by atoms with Gasteiger partial charge in [0.05, 0.1) is 12.3 Å². The molecule has 2 rings (SSSR count). The number of hydrogen-bond donors (Lipinski definition) is 1. The lowest BCUT2D eigenvalue weighted by Gasteiger charge is -2.13. The fourth-order valence-corrected chi connectivity index (χ4v) is 1.87. The van der Waals surface area contributed by atoms with Crippen molar-refractivity contribution in [3.63, 3.8) is 0 Å². The summed E-state index contributed by atoms with van der Waals surface area (Å²) in [4.78, 5) is 10.8. The van der Waals surface area contributed by atoms with Crippen molar-refractivity contribution in [3.8, 4) is 0 Å². The summed E-state index contributed by atoms with van der Waals surface area (Å²) in [5, 5.41) is 9.49. The van der Waals surface area contributed by atoms with Crippen LogP contribution in [0.4, 0.5) is 0 Å². The Labute approximate surface area is 74.4 Å². The van der Waals surface area contributed by atoms with Crippen molar-refractivity contribution in [3.05, 3.63) is 0 Å². The van der Waals surface area contributed by atoms with Gasteiger partial charge >= 0.3 is 5.97 Å². The number of carbonyl (C=O) groups excluding carboxylic acids is 1. The first-order chi connectivity index (χ1) is 5.72. The van der Waals surface area contributed by atoms with Crippen LogP contribution in [-0.4, -0.2) is 41.4 Å². The molecule has 0 aromatic heterocycles. The molecular formula is C7H9ClO4. The molecule has 0 radical (unpaired) electrons. The molecule has 5 heteroatoms. The number of hydrogen-bond acceptors (Lipinski definition) is 4. The maximum Gasteiger partial charge on any atom is 0.309 e. The van der Waals surface area contributed by atoms with Gasteiger partial charge < -0.3 is 14.6 Å². The molecular weight excluding hydrogens is 184 g/mol. The van der Waals surface area contributed by atoms with E-state index in [1.807, 2.05) is 0 Å². The number of fused-ring (bicyclic) bond motifs is 1. The number of ether oxygens (including phenoxy) is 2. The van der Waals surface area contributed by atoms with Crippen molar-refractivity contribution in [2.75, 3.05) is 5.88 Å². The van der Waals surface area contributed by atoms with Crippen LogP contribution in [0.1, 0.15) is 6.42 Å². The third-order valence-electron chi connectivity index (χ3n) is 2.22. The highest BCUT2D eigenvalue weighted by molar-refractivity contribution is 6.18. The average Bonchev–Trinajstić information content (AvgIpc) is 2.51. The molecule has 2 aliphatic heterocycles. The van der Waals surface area contributed by atoms with Gasteiger partial charge in [0.15, 0.2) is 6.10 Å². The minimum absolute atomic E-state index is 0.228. The molecule has 2 fully saturated rings. The van der Waals surface area contributed by atoms with E-state index in [9.17, 15) is 9.90 Å². The molecule has 12 heavy (non-hydrogen) atoms. The summed E-state index contributed by atoms with van der Waals surface area (Å²) < 4.78 is 10.1. The van der Waals surface area contributed by atoms with Crippen molar-refractivity contribution in [2.24, 2.45) is 0 Å². The molecule has 2 heterocycles. The highest BCUT2D eigenvalue weighted by Crippen LogP contribution is 2.31. The van der Waals surface area contributed by atoms with E-state index in [0.717, 1.165) is 0 Å². The largest absolute Gasteiger partial charge is 0.457 e. The van der Waals surface area contributed by atoms with Crippen LogP contribution >= 0.6 is 11.6 Å². The van der Waals surface area contributed by atoms with Gasteiger partial charge in [-0.25, -0.2) is 0 Å². The highest BCUT2D eigenvalue weighted by Gasteiger charge is 2.50. The Kier molecular flexibility index (Phi) is 1.98. The van der Waals surface area contributed by atoms with E-state index in [0.29, 0.717) is 0 Å². The minimum atomic E-state index is -0.765. The Hall–Kier alpha value is -0.320. The van der Waals surface area contributed by atoms with Crippen molar-refractivity contribution in [1.29, 1.82) is 0 Å². The van der Waals surface area contributed by atoms with Gasteiger partial charge in [0, 0.05) is 0 Å². The van der Waals surface area contributed by atoms with Crippen LogP contribution in [0.15, 0.2) is 0 Å². The molecule has 4 nitrogen and oxygen atoms in total. The second kappa shape index (κ2) is 2.87. The van der Waals surface area contributed by atoms with Crippen LogP contribution in [0.5, 0.6) is 0 Å². The van der Waals surface area contributed by atoms with Gasteiger partial charge in [-0.15, -0.1) is 11.6 Å². The molecule has 0 bridgehead atoms. The number of rotatable bonds is 1. The molecule has 68 valence electrons. The van der Waals surface area contributed by atoms with E-state index in [2.05, 4.69) is 0 Å². The number of carbonyl (C=O) groups is 1. The Balaban J connectivity index is 2.08. The second-order valence-electron chi connectivity index (χ2n) is 3.02. The third-order valence-corrected chi connectivity index (χ3v) is 2.53. The molecule has 0 spiro atoms. The van der Waals surface area contributed by atoms with Gasteiger partial charge in [0.25, 0.3) is 0 Å². The second-order valence-corrected chi connectivity index (χ2v) is 3.33. The van der Waals surface area contributed by atoms with Gasteiger partial charge in [0.2, 0.25) is 0 Å². The van der Waals surface area contributed by atoms with Crippen LogP contribution < -0.4 is 0 Å². The summed E-state index contributed by atoms with van der Waals surface area (Å²) in [5.74, 6) is -0.0804. The predicted molar refractivity (Wildman–Crippen MR) is 39.9 cm³/mol. The van der Waals surface area contributed by atoms with Gasteiger partial charge in [-0.2, -0.15) is 0 Å². The Morgan fingerprint density at radius 1 is 1.67 bits per heavy atom. The lowest BCUT2D eigenvalue weighted by Crippen LogP contribution is -2.32. The molecule has 1 N–H and O–H groups in total. The maximum absolute atomic E-state index is 10.8. The van der Waals surface area contributed by atoms with Gasteiger partial charge in [-0.1, -0.05) is 0 Å². The molecule has 0 aliphatic carbocycles. The first-order valence-electron chi connectivity index (χ1n) is 3.81. The summed E-state index contributed by atoms with van der Waals surface area (Å²) in [6, 6.07) is 0. The maximum atomic E-state index is 10.8. The Morgan fingerprint density at radius 2 is 2.42 bits per heavy atom. The SMILES string of the molecule is O=C1C[C@H]2O[C@H](CCl)[C@H](O)[C@H]2O1. The fourth-order valence-electron chi connectivity index (χ4n) is 1.62. The molecule has 2 saturated heterocycles. The third kappa shape index (κ3) is 1.11. The van der Waals surface area contributed by atoms with E-state index in [1.165, 1.54) is 0 Å². The summed E-state index contributed by atoms with van der Waals surface area (Å²) in [7, 11) is 0. The number of aliphatic hydroxyl groups is 1. The lowest BCUT2D eigenvalue weighted by atomic mass is 10.1. The van der Waals surface area contributed by atoms with Crippen molar-refractivity contribution < 1.29 is 19.4 Å². The topological polar surface area (TPSA) is 55.8 Å². The van der Waals surface area contributed by atoms with E-state index < -0.39 is 18.3 Å². The Morgan fingerprint density at radius 3 is 3.00 bits per heavy atom. The monoisotopic (exact) mass is 192 g/mol. The predicted octanol–water partition coefficient (Wildman–Crippen LogP) is -0.331. The van der Waals surface area contributed by atoms with Gasteiger partial charge in [0.1, 0.15) is 18.3 Å². The fraction of sp³-hybridized carbons (Fsp3) is 0.857. The summed E-state index contributed by atoms with van der Waals surface area (Å²) >= 11 is 5.53. The lowest BCUT2D eigenvalue weighted by molar-refractivity contribution is -0.145. The summed E-state index contributed by atoms with van der Waals surface area (Å²) in [6.45, 7) is 0. The normalized spacial score (nSPS) is 46.0. The molecule has 0 saturated carbocycles. The van der Waals surface area contributed by atoms with Gasteiger partial charge in [-0.3, -0.25) is 4.79 Å². The zero-order valence-corrected chi connectivity index (χ0v) is 7.03. The van der Waals surface area contributed by atoms with E-state index in [-0.39, 0.29) is 24.4 Å². The minimum Gasteiger partial charge on any atom is -0.457 e.